The van der Waals surface area contributed by atoms with Crippen molar-refractivity contribution in [3.63, 3.8) is 0 Å². The molecule has 1 saturated carbocycles. The summed E-state index contributed by atoms with van der Waals surface area (Å²) in [6.45, 7) is 3.59. The molecule has 0 bridgehead atoms. The summed E-state index contributed by atoms with van der Waals surface area (Å²) in [7, 11) is 2.05. The van der Waals surface area contributed by atoms with Crippen LogP contribution < -0.4 is 15.0 Å². The molecule has 11 nitrogen and oxygen atoms in total. The van der Waals surface area contributed by atoms with Crippen molar-refractivity contribution in [2.24, 2.45) is 11.8 Å². The number of hydrogen-bond donors (Lipinski definition) is 2. The van der Waals surface area contributed by atoms with Crippen molar-refractivity contribution in [2.45, 2.75) is 25.8 Å². The fraction of sp³-hybridized carbons (Fsp3) is 0.476. The minimum Gasteiger partial charge on any atom is -0.462 e. The summed E-state index contributed by atoms with van der Waals surface area (Å²) < 4.78 is 10.2. The average molecular weight is 436 g/mol. The number of likely N-dealkylation sites (tertiary alicyclic amines) is 1. The Balaban J connectivity index is 1.24. The number of ether oxygens (including phenoxy) is 1. The Morgan fingerprint density at radius 2 is 2.22 bits per heavy atom. The zero-order valence-electron chi connectivity index (χ0n) is 17.9. The molecule has 1 unspecified atom stereocenters. The van der Waals surface area contributed by atoms with E-state index in [9.17, 15) is 10.1 Å². The number of rotatable bonds is 5. The van der Waals surface area contributed by atoms with Crippen LogP contribution in [-0.2, 0) is 0 Å². The molecule has 3 aromatic rings. The highest BCUT2D eigenvalue weighted by atomic mass is 16.6. The SMILES string of the molecule is CCOc1noc(NC(=O)N2CC3C[C@@H](N(C)c4c(C#N)cnc5[nH]ccc45)C[C@@H]3C2)n1. The van der Waals surface area contributed by atoms with Crippen LogP contribution in [0.4, 0.5) is 16.5 Å². The molecule has 2 fully saturated rings. The van der Waals surface area contributed by atoms with Crippen molar-refractivity contribution < 1.29 is 14.1 Å². The lowest BCUT2D eigenvalue weighted by atomic mass is 10.0. The van der Waals surface area contributed by atoms with Gasteiger partial charge in [-0.1, -0.05) is 0 Å². The number of amides is 2. The summed E-state index contributed by atoms with van der Waals surface area (Å²) in [6, 6.07) is 4.44. The van der Waals surface area contributed by atoms with Crippen molar-refractivity contribution in [3.8, 4) is 12.1 Å². The number of aromatic amines is 1. The Kier molecular flexibility index (Phi) is 5.05. The molecule has 32 heavy (non-hydrogen) atoms. The third kappa shape index (κ3) is 3.47. The first-order valence-electron chi connectivity index (χ1n) is 10.7. The second-order valence-electron chi connectivity index (χ2n) is 8.28. The van der Waals surface area contributed by atoms with Crippen LogP contribution in [0.5, 0.6) is 6.01 Å². The van der Waals surface area contributed by atoms with Crippen LogP contribution in [0, 0.1) is 23.2 Å². The van der Waals surface area contributed by atoms with Gasteiger partial charge in [-0.15, -0.1) is 4.98 Å². The van der Waals surface area contributed by atoms with Gasteiger partial charge in [0.15, 0.2) is 0 Å². The lowest BCUT2D eigenvalue weighted by Crippen LogP contribution is -2.36. The van der Waals surface area contributed by atoms with Crippen LogP contribution in [0.25, 0.3) is 11.0 Å². The Bertz CT molecular complexity index is 1170. The van der Waals surface area contributed by atoms with Crippen LogP contribution in [0.1, 0.15) is 25.3 Å². The van der Waals surface area contributed by atoms with Crippen molar-refractivity contribution in [2.75, 3.05) is 37.0 Å². The Morgan fingerprint density at radius 1 is 1.44 bits per heavy atom. The van der Waals surface area contributed by atoms with E-state index in [4.69, 9.17) is 9.26 Å². The predicted octanol–water partition coefficient (Wildman–Crippen LogP) is 2.59. The first kappa shape index (κ1) is 20.1. The van der Waals surface area contributed by atoms with Crippen molar-refractivity contribution in [1.82, 2.24) is 25.0 Å². The fourth-order valence-corrected chi connectivity index (χ4v) is 5.01. The molecular weight excluding hydrogens is 412 g/mol. The van der Waals surface area contributed by atoms with E-state index in [1.807, 2.05) is 26.2 Å². The van der Waals surface area contributed by atoms with Crippen LogP contribution in [0.2, 0.25) is 0 Å². The summed E-state index contributed by atoms with van der Waals surface area (Å²) in [6.07, 6.45) is 5.38. The van der Waals surface area contributed by atoms with Gasteiger partial charge < -0.3 is 24.0 Å². The number of carbonyl (C=O) groups excluding carboxylic acids is 1. The number of aromatic nitrogens is 4. The predicted molar refractivity (Wildman–Crippen MR) is 115 cm³/mol. The molecule has 3 aromatic heterocycles. The van der Waals surface area contributed by atoms with E-state index in [2.05, 4.69) is 36.4 Å². The van der Waals surface area contributed by atoms with E-state index in [1.54, 1.807) is 11.1 Å². The molecule has 0 aromatic carbocycles. The summed E-state index contributed by atoms with van der Waals surface area (Å²) in [5, 5.41) is 16.9. The molecule has 2 aliphatic rings. The molecule has 4 heterocycles. The first-order chi connectivity index (χ1) is 15.6. The smallest absolute Gasteiger partial charge is 0.355 e. The number of nitrogens with one attached hydrogen (secondary N) is 2. The second kappa shape index (κ2) is 8.03. The highest BCUT2D eigenvalue weighted by Crippen LogP contribution is 2.42. The molecule has 1 aliphatic carbocycles. The molecule has 2 amide bonds. The molecule has 3 atom stereocenters. The normalized spacial score (nSPS) is 22.0. The average Bonchev–Trinajstić information content (AvgIpc) is 3.55. The van der Waals surface area contributed by atoms with Gasteiger partial charge in [0, 0.05) is 44.0 Å². The minimum atomic E-state index is -0.245. The number of H-pyrrole nitrogens is 1. The number of nitriles is 1. The molecule has 11 heteroatoms. The van der Waals surface area contributed by atoms with Gasteiger partial charge in [0.1, 0.15) is 11.7 Å². The third-order valence-corrected chi connectivity index (χ3v) is 6.49. The molecule has 2 N–H and O–H groups in total. The first-order valence-corrected chi connectivity index (χ1v) is 10.7. The number of pyridine rings is 1. The van der Waals surface area contributed by atoms with Gasteiger partial charge in [-0.05, 0) is 42.8 Å². The van der Waals surface area contributed by atoms with Crippen molar-refractivity contribution >= 4 is 28.8 Å². The topological polar surface area (TPSA) is 136 Å². The second-order valence-corrected chi connectivity index (χ2v) is 8.28. The van der Waals surface area contributed by atoms with Gasteiger partial charge >= 0.3 is 18.1 Å². The number of hydrogen-bond acceptors (Lipinski definition) is 8. The van der Waals surface area contributed by atoms with Crippen LogP contribution in [0.15, 0.2) is 23.0 Å². The zero-order chi connectivity index (χ0) is 22.2. The molecule has 0 radical (unpaired) electrons. The van der Waals surface area contributed by atoms with Crippen molar-refractivity contribution in [3.05, 3.63) is 24.0 Å². The number of fused-ring (bicyclic) bond motifs is 2. The fourth-order valence-electron chi connectivity index (χ4n) is 5.01. The van der Waals surface area contributed by atoms with Crippen LogP contribution in [0.3, 0.4) is 0 Å². The molecule has 166 valence electrons. The molecule has 1 saturated heterocycles. The van der Waals surface area contributed by atoms with Gasteiger partial charge in [0.05, 0.1) is 17.9 Å². The molecule has 0 spiro atoms. The quantitative estimate of drug-likeness (QED) is 0.623. The number of carbonyl (C=O) groups is 1. The maximum Gasteiger partial charge on any atom is 0.355 e. The maximum atomic E-state index is 12.6. The van der Waals surface area contributed by atoms with Gasteiger partial charge in [0.25, 0.3) is 0 Å². The number of anilines is 2. The van der Waals surface area contributed by atoms with E-state index < -0.39 is 0 Å². The largest absolute Gasteiger partial charge is 0.462 e. The van der Waals surface area contributed by atoms with E-state index in [-0.39, 0.29) is 18.1 Å². The highest BCUT2D eigenvalue weighted by Gasteiger charge is 2.44. The Labute approximate surface area is 184 Å². The molecular formula is C21H24N8O3. The highest BCUT2D eigenvalue weighted by molar-refractivity contribution is 5.93. The summed E-state index contributed by atoms with van der Waals surface area (Å²) >= 11 is 0. The van der Waals surface area contributed by atoms with Crippen LogP contribution >= 0.6 is 0 Å². The van der Waals surface area contributed by atoms with E-state index >= 15 is 0 Å². The monoisotopic (exact) mass is 436 g/mol. The lowest BCUT2D eigenvalue weighted by molar-refractivity contribution is 0.217. The molecule has 5 rings (SSSR count). The lowest BCUT2D eigenvalue weighted by Gasteiger charge is -2.29. The van der Waals surface area contributed by atoms with Gasteiger partial charge in [-0.2, -0.15) is 5.26 Å². The van der Waals surface area contributed by atoms with Gasteiger partial charge in [-0.3, -0.25) is 5.32 Å². The van der Waals surface area contributed by atoms with Gasteiger partial charge in [0.2, 0.25) is 0 Å². The van der Waals surface area contributed by atoms with E-state index in [0.29, 0.717) is 43.1 Å². The van der Waals surface area contributed by atoms with E-state index in [0.717, 1.165) is 29.6 Å². The number of urea groups is 1. The third-order valence-electron chi connectivity index (χ3n) is 6.49. The van der Waals surface area contributed by atoms with Crippen molar-refractivity contribution in [1.29, 1.82) is 5.26 Å². The zero-order valence-corrected chi connectivity index (χ0v) is 17.9. The Hall–Kier alpha value is -3.81. The van der Waals surface area contributed by atoms with E-state index in [1.165, 1.54) is 0 Å². The minimum absolute atomic E-state index is 0.0327. The summed E-state index contributed by atoms with van der Waals surface area (Å²) in [5.41, 5.74) is 2.27. The summed E-state index contributed by atoms with van der Waals surface area (Å²) in [5.74, 6) is 0.813. The molecule has 1 aliphatic heterocycles. The maximum absolute atomic E-state index is 12.6. The standard InChI is InChI=1S/C21H24N8O3/c1-3-31-20-25-19(32-27-20)26-21(30)29-10-12-6-15(7-13(12)11-29)28(2)17-14(8-22)9-24-18-16(17)4-5-23-18/h4-5,9,12-13,15H,3,6-7,10-11H2,1-2H3,(H,23,24)(H,25,26,27,30)/t12-,13?,15+/m1/s1. The number of nitrogens with zero attached hydrogens (tertiary/aromatic N) is 6. The van der Waals surface area contributed by atoms with Crippen LogP contribution in [-0.4, -0.2) is 63.8 Å². The summed E-state index contributed by atoms with van der Waals surface area (Å²) in [4.78, 5) is 28.1. The Morgan fingerprint density at radius 3 is 2.94 bits per heavy atom. The van der Waals surface area contributed by atoms with Gasteiger partial charge in [-0.25, -0.2) is 9.78 Å².